The number of carbonyl (C=O) groups is 1. The molecule has 4 heteroatoms. The maximum atomic E-state index is 13.2. The Balaban J connectivity index is 1.47. The van der Waals surface area contributed by atoms with Gasteiger partial charge in [-0.25, -0.2) is 0 Å². The molecule has 1 amide bonds. The first-order chi connectivity index (χ1) is 11.9. The second-order valence-electron chi connectivity index (χ2n) is 8.99. The van der Waals surface area contributed by atoms with Crippen molar-refractivity contribution in [2.45, 2.75) is 48.9 Å². The molecule has 4 aliphatic carbocycles. The van der Waals surface area contributed by atoms with Gasteiger partial charge in [-0.3, -0.25) is 4.79 Å². The SMILES string of the molecule is CN(C)[C@@H](CNC(=O)C12C[C@H]3C[C@@H](CC(Br)(C3)C1)C2)c1ccccc1. The summed E-state index contributed by atoms with van der Waals surface area (Å²) in [5.41, 5.74) is 1.14. The summed E-state index contributed by atoms with van der Waals surface area (Å²) in [5, 5.41) is 3.34. The molecule has 1 aromatic carbocycles. The van der Waals surface area contributed by atoms with Crippen LogP contribution in [0.5, 0.6) is 0 Å². The monoisotopic (exact) mass is 404 g/mol. The molecule has 4 bridgehead atoms. The van der Waals surface area contributed by atoms with Gasteiger partial charge in [0.2, 0.25) is 5.91 Å². The molecule has 0 saturated heterocycles. The van der Waals surface area contributed by atoms with Crippen molar-refractivity contribution >= 4 is 21.8 Å². The number of hydrogen-bond donors (Lipinski definition) is 1. The molecule has 3 nitrogen and oxygen atoms in total. The minimum Gasteiger partial charge on any atom is -0.354 e. The van der Waals surface area contributed by atoms with Gasteiger partial charge in [0.25, 0.3) is 0 Å². The summed E-state index contributed by atoms with van der Waals surface area (Å²) in [5.74, 6) is 1.78. The van der Waals surface area contributed by atoms with Gasteiger partial charge in [0, 0.05) is 10.9 Å². The third-order valence-corrected chi connectivity index (χ3v) is 7.66. The minimum atomic E-state index is -0.124. The number of halogens is 1. The lowest BCUT2D eigenvalue weighted by Gasteiger charge is -2.59. The van der Waals surface area contributed by atoms with Crippen molar-refractivity contribution < 1.29 is 4.79 Å². The van der Waals surface area contributed by atoms with E-state index in [0.29, 0.717) is 12.5 Å². The average Bonchev–Trinajstić information content (AvgIpc) is 2.53. The van der Waals surface area contributed by atoms with E-state index in [4.69, 9.17) is 0 Å². The molecular formula is C21H29BrN2O. The molecule has 4 aliphatic rings. The highest BCUT2D eigenvalue weighted by Gasteiger charge is 2.59. The second kappa shape index (κ2) is 6.38. The number of hydrogen-bond acceptors (Lipinski definition) is 2. The van der Waals surface area contributed by atoms with Crippen LogP contribution in [0.4, 0.5) is 0 Å². The number of amides is 1. The van der Waals surface area contributed by atoms with Gasteiger partial charge < -0.3 is 10.2 Å². The summed E-state index contributed by atoms with van der Waals surface area (Å²) in [6.07, 6.45) is 7.09. The predicted octanol–water partition coefficient (Wildman–Crippen LogP) is 4.14. The van der Waals surface area contributed by atoms with Crippen LogP contribution < -0.4 is 5.32 Å². The molecule has 0 aromatic heterocycles. The zero-order valence-electron chi connectivity index (χ0n) is 15.3. The summed E-state index contributed by atoms with van der Waals surface area (Å²) < 4.78 is 0.231. The van der Waals surface area contributed by atoms with Crippen molar-refractivity contribution in [3.8, 4) is 0 Å². The van der Waals surface area contributed by atoms with E-state index in [9.17, 15) is 4.79 Å². The predicted molar refractivity (Wildman–Crippen MR) is 105 cm³/mol. The summed E-state index contributed by atoms with van der Waals surface area (Å²) in [7, 11) is 4.17. The Bertz CT molecular complexity index is 631. The lowest BCUT2D eigenvalue weighted by molar-refractivity contribution is -0.144. The fourth-order valence-corrected chi connectivity index (χ4v) is 7.52. The smallest absolute Gasteiger partial charge is 0.226 e. The second-order valence-corrected chi connectivity index (χ2v) is 10.7. The van der Waals surface area contributed by atoms with Gasteiger partial charge in [-0.15, -0.1) is 0 Å². The third kappa shape index (κ3) is 3.28. The topological polar surface area (TPSA) is 32.3 Å². The van der Waals surface area contributed by atoms with Crippen LogP contribution in [0.1, 0.15) is 50.1 Å². The van der Waals surface area contributed by atoms with Crippen molar-refractivity contribution in [2.75, 3.05) is 20.6 Å². The molecule has 0 aliphatic heterocycles. The zero-order chi connectivity index (χ0) is 17.7. The molecule has 25 heavy (non-hydrogen) atoms. The number of carbonyl (C=O) groups excluding carboxylic acids is 1. The Kier molecular flexibility index (Phi) is 4.48. The maximum Gasteiger partial charge on any atom is 0.226 e. The van der Waals surface area contributed by atoms with Crippen LogP contribution in [0.25, 0.3) is 0 Å². The van der Waals surface area contributed by atoms with Gasteiger partial charge in [0.15, 0.2) is 0 Å². The van der Waals surface area contributed by atoms with Crippen LogP contribution in [0.2, 0.25) is 0 Å². The number of nitrogens with one attached hydrogen (secondary N) is 1. The third-order valence-electron chi connectivity index (χ3n) is 6.74. The van der Waals surface area contributed by atoms with E-state index < -0.39 is 0 Å². The Hall–Kier alpha value is -0.870. The zero-order valence-corrected chi connectivity index (χ0v) is 16.9. The number of rotatable bonds is 5. The largest absolute Gasteiger partial charge is 0.354 e. The molecule has 3 atom stereocenters. The number of nitrogens with zero attached hydrogens (tertiary/aromatic N) is 1. The molecule has 1 N–H and O–H groups in total. The first-order valence-electron chi connectivity index (χ1n) is 9.58. The van der Waals surface area contributed by atoms with Crippen molar-refractivity contribution in [1.29, 1.82) is 0 Å². The maximum absolute atomic E-state index is 13.2. The highest BCUT2D eigenvalue weighted by atomic mass is 79.9. The van der Waals surface area contributed by atoms with Crippen LogP contribution in [0.15, 0.2) is 30.3 Å². The van der Waals surface area contributed by atoms with Crippen molar-refractivity contribution in [2.24, 2.45) is 17.3 Å². The normalized spacial score (nSPS) is 37.3. The van der Waals surface area contributed by atoms with Gasteiger partial charge in [-0.1, -0.05) is 46.3 Å². The molecule has 0 spiro atoms. The molecule has 1 aromatic rings. The molecule has 5 rings (SSSR count). The minimum absolute atomic E-state index is 0.124. The van der Waals surface area contributed by atoms with E-state index in [1.807, 2.05) is 6.07 Å². The Morgan fingerprint density at radius 3 is 2.40 bits per heavy atom. The highest BCUT2D eigenvalue weighted by molar-refractivity contribution is 9.10. The number of benzene rings is 1. The van der Waals surface area contributed by atoms with E-state index in [1.54, 1.807) is 0 Å². The van der Waals surface area contributed by atoms with Crippen LogP contribution >= 0.6 is 15.9 Å². The van der Waals surface area contributed by atoms with Gasteiger partial charge in [-0.2, -0.15) is 0 Å². The first kappa shape index (κ1) is 17.5. The van der Waals surface area contributed by atoms with Crippen LogP contribution in [-0.2, 0) is 4.79 Å². The highest BCUT2D eigenvalue weighted by Crippen LogP contribution is 2.64. The Labute approximate surface area is 159 Å². The van der Waals surface area contributed by atoms with Crippen molar-refractivity contribution in [3.63, 3.8) is 0 Å². The first-order valence-corrected chi connectivity index (χ1v) is 10.4. The molecule has 0 radical (unpaired) electrons. The average molecular weight is 405 g/mol. The lowest BCUT2D eigenvalue weighted by Crippen LogP contribution is -2.58. The number of likely N-dealkylation sites (N-methyl/N-ethyl adjacent to an activating group) is 1. The van der Waals surface area contributed by atoms with E-state index in [0.717, 1.165) is 31.1 Å². The summed E-state index contributed by atoms with van der Waals surface area (Å²) in [6.45, 7) is 0.683. The quantitative estimate of drug-likeness (QED) is 0.747. The Morgan fingerprint density at radius 2 is 1.84 bits per heavy atom. The Morgan fingerprint density at radius 1 is 1.20 bits per heavy atom. The fourth-order valence-electron chi connectivity index (χ4n) is 6.07. The molecule has 0 unspecified atom stereocenters. The van der Waals surface area contributed by atoms with Gasteiger partial charge >= 0.3 is 0 Å². The fraction of sp³-hybridized carbons (Fsp3) is 0.667. The van der Waals surface area contributed by atoms with Crippen LogP contribution in [0, 0.1) is 17.3 Å². The summed E-state index contributed by atoms with van der Waals surface area (Å²) in [4.78, 5) is 15.4. The number of alkyl halides is 1. The standard InChI is InChI=1S/C21H29BrN2O/c1-24(2)18(17-6-4-3-5-7-17)13-23-19(25)20-9-15-8-16(10-20)12-21(22,11-15)14-20/h3-7,15-16,18H,8-14H2,1-2H3,(H,23,25)/t15-,16-,18+,20?,21?/m1/s1. The van der Waals surface area contributed by atoms with Crippen LogP contribution in [0.3, 0.4) is 0 Å². The van der Waals surface area contributed by atoms with E-state index in [1.165, 1.54) is 24.8 Å². The van der Waals surface area contributed by atoms with Crippen LogP contribution in [-0.4, -0.2) is 35.8 Å². The summed E-state index contributed by atoms with van der Waals surface area (Å²) >= 11 is 4.01. The molecular weight excluding hydrogens is 376 g/mol. The van der Waals surface area contributed by atoms with E-state index in [2.05, 4.69) is 64.5 Å². The van der Waals surface area contributed by atoms with Crippen molar-refractivity contribution in [3.05, 3.63) is 35.9 Å². The van der Waals surface area contributed by atoms with Gasteiger partial charge in [0.05, 0.1) is 11.5 Å². The van der Waals surface area contributed by atoms with Crippen molar-refractivity contribution in [1.82, 2.24) is 10.2 Å². The molecule has 4 fully saturated rings. The lowest BCUT2D eigenvalue weighted by atomic mass is 9.49. The van der Waals surface area contributed by atoms with E-state index in [-0.39, 0.29) is 15.8 Å². The van der Waals surface area contributed by atoms with Gasteiger partial charge in [0.1, 0.15) is 0 Å². The summed E-state index contributed by atoms with van der Waals surface area (Å²) in [6, 6.07) is 10.7. The van der Waals surface area contributed by atoms with Gasteiger partial charge in [-0.05, 0) is 70.0 Å². The molecule has 136 valence electrons. The molecule has 4 saturated carbocycles. The van der Waals surface area contributed by atoms with E-state index >= 15 is 0 Å². The molecule has 0 heterocycles.